The molecular weight excluding hydrogens is 276 g/mol. The third-order valence-corrected chi connectivity index (χ3v) is 4.94. The first-order chi connectivity index (χ1) is 11.3. The van der Waals surface area contributed by atoms with Gasteiger partial charge in [0, 0.05) is 0 Å². The maximum Gasteiger partial charge on any atom is -0.0124 e. The predicted octanol–water partition coefficient (Wildman–Crippen LogP) is 6.82. The predicted molar refractivity (Wildman–Crippen MR) is 101 cm³/mol. The van der Waals surface area contributed by atoms with Gasteiger partial charge >= 0.3 is 0 Å². The maximum absolute atomic E-state index is 3.82. The Morgan fingerprint density at radius 1 is 1.00 bits per heavy atom. The van der Waals surface area contributed by atoms with Gasteiger partial charge in [-0.25, -0.2) is 0 Å². The average molecular weight is 302 g/mol. The van der Waals surface area contributed by atoms with Crippen LogP contribution in [0.3, 0.4) is 0 Å². The lowest BCUT2D eigenvalue weighted by molar-refractivity contribution is 0.586. The summed E-state index contributed by atoms with van der Waals surface area (Å²) in [5.74, 6) is 0.689. The Hall–Kier alpha value is -2.08. The molecule has 0 aromatic heterocycles. The van der Waals surface area contributed by atoms with Crippen molar-refractivity contribution in [3.05, 3.63) is 84.0 Å². The zero-order valence-corrected chi connectivity index (χ0v) is 14.1. The molecule has 0 radical (unpaired) electrons. The molecule has 2 aromatic carbocycles. The second-order valence-corrected chi connectivity index (χ2v) is 6.65. The highest BCUT2D eigenvalue weighted by atomic mass is 14.2. The molecule has 0 bridgehead atoms. The molecule has 0 aliphatic heterocycles. The first-order valence-electron chi connectivity index (χ1n) is 8.72. The minimum Gasteiger partial charge on any atom is -0.103 e. The van der Waals surface area contributed by atoms with Gasteiger partial charge in [-0.15, -0.1) is 6.58 Å². The molecule has 0 saturated carbocycles. The zero-order chi connectivity index (χ0) is 16.1. The summed E-state index contributed by atoms with van der Waals surface area (Å²) >= 11 is 0. The Kier molecular flexibility index (Phi) is 5.12. The molecule has 0 heterocycles. The third kappa shape index (κ3) is 4.01. The number of benzene rings is 2. The molecule has 23 heavy (non-hydrogen) atoms. The van der Waals surface area contributed by atoms with Crippen LogP contribution < -0.4 is 0 Å². The molecule has 0 nitrogen and oxygen atoms in total. The molecule has 1 unspecified atom stereocenters. The van der Waals surface area contributed by atoms with Crippen LogP contribution >= 0.6 is 0 Å². The Bertz CT molecular complexity index is 671. The van der Waals surface area contributed by atoms with Crippen molar-refractivity contribution in [3.63, 3.8) is 0 Å². The minimum atomic E-state index is 0.689. The highest BCUT2D eigenvalue weighted by molar-refractivity contribution is 5.64. The Morgan fingerprint density at radius 2 is 1.65 bits per heavy atom. The van der Waals surface area contributed by atoms with Crippen molar-refractivity contribution >= 4 is 0 Å². The van der Waals surface area contributed by atoms with Gasteiger partial charge in [-0.2, -0.15) is 0 Å². The monoisotopic (exact) mass is 302 g/mol. The minimum absolute atomic E-state index is 0.689. The normalized spacial score (nSPS) is 17.6. The zero-order valence-electron chi connectivity index (χ0n) is 14.1. The highest BCUT2D eigenvalue weighted by Gasteiger charge is 2.16. The van der Waals surface area contributed by atoms with Gasteiger partial charge in [0.15, 0.2) is 0 Å². The van der Waals surface area contributed by atoms with Gasteiger partial charge in [-0.05, 0) is 61.6 Å². The Morgan fingerprint density at radius 3 is 2.22 bits per heavy atom. The number of hydrogen-bond donors (Lipinski definition) is 0. The van der Waals surface area contributed by atoms with Crippen molar-refractivity contribution in [1.82, 2.24) is 0 Å². The molecule has 2 aromatic rings. The molecular formula is C23H26. The second-order valence-electron chi connectivity index (χ2n) is 6.65. The van der Waals surface area contributed by atoms with Gasteiger partial charge in [0.25, 0.3) is 0 Å². The van der Waals surface area contributed by atoms with Gasteiger partial charge in [-0.1, -0.05) is 71.8 Å². The number of allylic oxidation sites excluding steroid dienone is 3. The lowest BCUT2D eigenvalue weighted by Crippen LogP contribution is -2.04. The molecule has 0 N–H and O–H groups in total. The van der Waals surface area contributed by atoms with E-state index in [-0.39, 0.29) is 0 Å². The van der Waals surface area contributed by atoms with Crippen molar-refractivity contribution in [2.24, 2.45) is 0 Å². The van der Waals surface area contributed by atoms with E-state index in [1.807, 2.05) is 6.08 Å². The molecule has 1 atom stereocenters. The van der Waals surface area contributed by atoms with E-state index in [2.05, 4.69) is 68.1 Å². The highest BCUT2D eigenvalue weighted by Crippen LogP contribution is 2.34. The van der Waals surface area contributed by atoms with Gasteiger partial charge in [0.2, 0.25) is 0 Å². The molecule has 118 valence electrons. The summed E-state index contributed by atoms with van der Waals surface area (Å²) in [5, 5.41) is 0. The fourth-order valence-electron chi connectivity index (χ4n) is 3.40. The summed E-state index contributed by atoms with van der Waals surface area (Å²) in [6, 6.07) is 18.0. The van der Waals surface area contributed by atoms with E-state index in [4.69, 9.17) is 0 Å². The Balaban J connectivity index is 1.67. The maximum atomic E-state index is 3.82. The van der Waals surface area contributed by atoms with Crippen molar-refractivity contribution < 1.29 is 0 Å². The number of rotatable bonds is 5. The fourth-order valence-corrected chi connectivity index (χ4v) is 3.40. The lowest BCUT2D eigenvalue weighted by Gasteiger charge is -2.22. The molecule has 0 spiro atoms. The first kappa shape index (κ1) is 15.8. The summed E-state index contributed by atoms with van der Waals surface area (Å²) in [4.78, 5) is 0. The van der Waals surface area contributed by atoms with Crippen LogP contribution in [-0.4, -0.2) is 0 Å². The van der Waals surface area contributed by atoms with Gasteiger partial charge < -0.3 is 0 Å². The second kappa shape index (κ2) is 7.46. The van der Waals surface area contributed by atoms with Crippen LogP contribution in [0.1, 0.15) is 49.1 Å². The molecule has 0 saturated heterocycles. The van der Waals surface area contributed by atoms with E-state index in [0.717, 1.165) is 6.42 Å². The largest absolute Gasteiger partial charge is 0.103 e. The van der Waals surface area contributed by atoms with E-state index in [1.54, 1.807) is 5.57 Å². The molecule has 0 amide bonds. The van der Waals surface area contributed by atoms with Gasteiger partial charge in [-0.3, -0.25) is 0 Å². The molecule has 0 fully saturated rings. The summed E-state index contributed by atoms with van der Waals surface area (Å²) < 4.78 is 0. The standard InChI is InChI=1S/C23H26/c1-3-4-5-19-8-12-21(13-9-19)23-16-14-22(15-17-23)20-10-6-18(2)7-11-20/h3,6-8,10-11,14-17,21H,1,4-5,9,12-13H2,2H3. The molecule has 1 aliphatic rings. The van der Waals surface area contributed by atoms with Crippen LogP contribution in [0.4, 0.5) is 0 Å². The van der Waals surface area contributed by atoms with Crippen molar-refractivity contribution in [2.75, 3.05) is 0 Å². The molecule has 1 aliphatic carbocycles. The summed E-state index contributed by atoms with van der Waals surface area (Å²) in [7, 11) is 0. The van der Waals surface area contributed by atoms with E-state index in [9.17, 15) is 0 Å². The van der Waals surface area contributed by atoms with E-state index in [0.29, 0.717) is 5.92 Å². The summed E-state index contributed by atoms with van der Waals surface area (Å²) in [5.41, 5.74) is 7.04. The molecule has 3 rings (SSSR count). The van der Waals surface area contributed by atoms with Crippen molar-refractivity contribution in [2.45, 2.75) is 44.9 Å². The van der Waals surface area contributed by atoms with Crippen molar-refractivity contribution in [1.29, 1.82) is 0 Å². The first-order valence-corrected chi connectivity index (χ1v) is 8.72. The average Bonchev–Trinajstić information content (AvgIpc) is 2.61. The van der Waals surface area contributed by atoms with Crippen LogP contribution in [-0.2, 0) is 0 Å². The van der Waals surface area contributed by atoms with E-state index < -0.39 is 0 Å². The van der Waals surface area contributed by atoms with Crippen LogP contribution in [0, 0.1) is 6.92 Å². The number of hydrogen-bond acceptors (Lipinski definition) is 0. The van der Waals surface area contributed by atoms with Crippen LogP contribution in [0.15, 0.2) is 72.8 Å². The molecule has 0 heteroatoms. The van der Waals surface area contributed by atoms with Crippen LogP contribution in [0.5, 0.6) is 0 Å². The quantitative estimate of drug-likeness (QED) is 0.531. The smallest absolute Gasteiger partial charge is 0.0124 e. The van der Waals surface area contributed by atoms with E-state index in [1.165, 1.54) is 47.9 Å². The number of aryl methyl sites for hydroxylation is 1. The topological polar surface area (TPSA) is 0 Å². The lowest BCUT2D eigenvalue weighted by atomic mass is 9.83. The van der Waals surface area contributed by atoms with Gasteiger partial charge in [0.05, 0.1) is 0 Å². The third-order valence-electron chi connectivity index (χ3n) is 4.94. The fraction of sp³-hybridized carbons (Fsp3) is 0.304. The van der Waals surface area contributed by atoms with Crippen molar-refractivity contribution in [3.8, 4) is 11.1 Å². The summed E-state index contributed by atoms with van der Waals surface area (Å²) in [6.45, 7) is 5.95. The van der Waals surface area contributed by atoms with Crippen LogP contribution in [0.2, 0.25) is 0 Å². The SMILES string of the molecule is C=CCCC1=CCC(c2ccc(-c3ccc(C)cc3)cc2)CC1. The van der Waals surface area contributed by atoms with E-state index >= 15 is 0 Å². The van der Waals surface area contributed by atoms with Crippen LogP contribution in [0.25, 0.3) is 11.1 Å². The Labute approximate surface area is 140 Å². The van der Waals surface area contributed by atoms with Gasteiger partial charge in [0.1, 0.15) is 0 Å². The summed E-state index contributed by atoms with van der Waals surface area (Å²) in [6.07, 6.45) is 10.5.